The molecule has 0 radical (unpaired) electrons. The molecule has 0 saturated carbocycles. The van der Waals surface area contributed by atoms with Gasteiger partial charge in [-0.15, -0.1) is 0 Å². The standard InChI is InChI=1S/C29H33ClN4O5/c1-16-13-20(9-11-23(16)39-24-14-17(2)32-33-27(24)36)26(35)31-18(3)28(37)34-22(10-12-25(34)29(4,5)38)19-7-6-8-21(30)15-19/h6-9,11,13-15,18,22,25,38H,10,12H2,1-5H3,(H,31,35)(H,33,36)/t18-,22+,25?/m1/s1. The number of rotatable bonds is 7. The van der Waals surface area contributed by atoms with Gasteiger partial charge < -0.3 is 20.1 Å². The summed E-state index contributed by atoms with van der Waals surface area (Å²) >= 11 is 6.22. The molecule has 39 heavy (non-hydrogen) atoms. The number of amides is 2. The normalized spacial score (nSPS) is 18.1. The van der Waals surface area contributed by atoms with Crippen molar-refractivity contribution in [3.8, 4) is 11.5 Å². The van der Waals surface area contributed by atoms with Gasteiger partial charge in [-0.2, -0.15) is 5.10 Å². The van der Waals surface area contributed by atoms with Gasteiger partial charge in [-0.25, -0.2) is 5.10 Å². The maximum absolute atomic E-state index is 13.7. The van der Waals surface area contributed by atoms with Gasteiger partial charge >= 0.3 is 5.56 Å². The van der Waals surface area contributed by atoms with Gasteiger partial charge in [0, 0.05) is 16.7 Å². The molecule has 2 heterocycles. The molecule has 1 aliphatic rings. The van der Waals surface area contributed by atoms with Crippen LogP contribution in [-0.2, 0) is 4.79 Å². The number of benzene rings is 2. The predicted octanol–water partition coefficient (Wildman–Crippen LogP) is 4.45. The molecule has 3 atom stereocenters. The minimum atomic E-state index is -1.13. The van der Waals surface area contributed by atoms with Crippen LogP contribution >= 0.6 is 11.6 Å². The zero-order valence-electron chi connectivity index (χ0n) is 22.6. The van der Waals surface area contributed by atoms with E-state index in [4.69, 9.17) is 16.3 Å². The molecule has 3 N–H and O–H groups in total. The minimum Gasteiger partial charge on any atom is -0.451 e. The highest BCUT2D eigenvalue weighted by Gasteiger charge is 2.45. The molecule has 0 bridgehead atoms. The summed E-state index contributed by atoms with van der Waals surface area (Å²) in [4.78, 5) is 40.5. The van der Waals surface area contributed by atoms with Crippen molar-refractivity contribution in [3.63, 3.8) is 0 Å². The van der Waals surface area contributed by atoms with Crippen LogP contribution in [0.25, 0.3) is 0 Å². The number of aryl methyl sites for hydroxylation is 2. The van der Waals surface area contributed by atoms with E-state index < -0.39 is 29.2 Å². The first-order valence-electron chi connectivity index (χ1n) is 12.8. The lowest BCUT2D eigenvalue weighted by molar-refractivity contribution is -0.141. The van der Waals surface area contributed by atoms with Crippen molar-refractivity contribution in [2.24, 2.45) is 0 Å². The van der Waals surface area contributed by atoms with E-state index in [1.54, 1.807) is 63.8 Å². The summed E-state index contributed by atoms with van der Waals surface area (Å²) in [7, 11) is 0. The zero-order chi connectivity index (χ0) is 28.5. The summed E-state index contributed by atoms with van der Waals surface area (Å²) < 4.78 is 5.74. The van der Waals surface area contributed by atoms with Crippen LogP contribution in [0, 0.1) is 13.8 Å². The number of aromatic amines is 1. The number of carbonyl (C=O) groups is 2. The Balaban J connectivity index is 1.51. The van der Waals surface area contributed by atoms with Crippen LogP contribution in [0.1, 0.15) is 66.8 Å². The number of likely N-dealkylation sites (tertiary alicyclic amines) is 1. The number of aliphatic hydroxyl groups is 1. The minimum absolute atomic E-state index is 0.100. The van der Waals surface area contributed by atoms with E-state index in [1.807, 2.05) is 18.2 Å². The number of halogens is 1. The number of hydrogen-bond acceptors (Lipinski definition) is 6. The third-order valence-corrected chi connectivity index (χ3v) is 7.20. The highest BCUT2D eigenvalue weighted by molar-refractivity contribution is 6.30. The predicted molar refractivity (Wildman–Crippen MR) is 148 cm³/mol. The summed E-state index contributed by atoms with van der Waals surface area (Å²) in [6, 6.07) is 12.1. The molecule has 3 aromatic rings. The van der Waals surface area contributed by atoms with Gasteiger partial charge in [0.15, 0.2) is 5.75 Å². The fraction of sp³-hybridized carbons (Fsp3) is 0.379. The molecule has 10 heteroatoms. The van der Waals surface area contributed by atoms with Crippen molar-refractivity contribution >= 4 is 23.4 Å². The lowest BCUT2D eigenvalue weighted by Gasteiger charge is -2.38. The van der Waals surface area contributed by atoms with E-state index in [1.165, 1.54) is 6.07 Å². The number of nitrogens with zero attached hydrogens (tertiary/aromatic N) is 2. The lowest BCUT2D eigenvalue weighted by Crippen LogP contribution is -2.54. The first-order chi connectivity index (χ1) is 18.3. The van der Waals surface area contributed by atoms with Crippen molar-refractivity contribution in [2.45, 2.75) is 71.2 Å². The summed E-state index contributed by atoms with van der Waals surface area (Å²) in [5.41, 5.74) is 0.866. The molecule has 1 aliphatic heterocycles. The van der Waals surface area contributed by atoms with Crippen molar-refractivity contribution in [2.75, 3.05) is 0 Å². The van der Waals surface area contributed by atoms with Crippen LogP contribution in [0.2, 0.25) is 5.02 Å². The molecule has 1 fully saturated rings. The smallest absolute Gasteiger partial charge is 0.307 e. The quantitative estimate of drug-likeness (QED) is 0.397. The molecular formula is C29H33ClN4O5. The number of H-pyrrole nitrogens is 1. The number of ether oxygens (including phenoxy) is 1. The van der Waals surface area contributed by atoms with E-state index in [0.29, 0.717) is 40.4 Å². The van der Waals surface area contributed by atoms with E-state index in [2.05, 4.69) is 15.5 Å². The monoisotopic (exact) mass is 552 g/mol. The molecule has 0 spiro atoms. The largest absolute Gasteiger partial charge is 0.451 e. The fourth-order valence-corrected chi connectivity index (χ4v) is 5.20. The molecule has 206 valence electrons. The van der Waals surface area contributed by atoms with Crippen LogP contribution < -0.4 is 15.6 Å². The third-order valence-electron chi connectivity index (χ3n) is 6.96. The second kappa shape index (κ2) is 11.2. The van der Waals surface area contributed by atoms with Crippen molar-refractivity contribution in [3.05, 3.63) is 86.3 Å². The van der Waals surface area contributed by atoms with E-state index in [9.17, 15) is 19.5 Å². The Morgan fingerprint density at radius 3 is 2.56 bits per heavy atom. The van der Waals surface area contributed by atoms with Gasteiger partial charge in [-0.05, 0) is 88.9 Å². The average Bonchev–Trinajstić information content (AvgIpc) is 3.33. The highest BCUT2D eigenvalue weighted by atomic mass is 35.5. The SMILES string of the molecule is Cc1cc(Oc2ccc(C(=O)N[C@H](C)C(=O)N3C(C(C)(C)O)CC[C@H]3c3cccc(Cl)c3)cc2C)c(=O)[nH]n1. The Morgan fingerprint density at radius 1 is 1.15 bits per heavy atom. The summed E-state index contributed by atoms with van der Waals surface area (Å²) in [5, 5.41) is 20.4. The first kappa shape index (κ1) is 28.3. The van der Waals surface area contributed by atoms with E-state index in [0.717, 1.165) is 5.56 Å². The summed E-state index contributed by atoms with van der Waals surface area (Å²) in [6.45, 7) is 8.51. The van der Waals surface area contributed by atoms with Gasteiger partial charge in [0.1, 0.15) is 11.8 Å². The Bertz CT molecular complexity index is 1450. The number of carbonyl (C=O) groups excluding carboxylic acids is 2. The fourth-order valence-electron chi connectivity index (χ4n) is 5.00. The Hall–Kier alpha value is -3.69. The van der Waals surface area contributed by atoms with Crippen LogP contribution in [0.4, 0.5) is 0 Å². The maximum Gasteiger partial charge on any atom is 0.307 e. The van der Waals surface area contributed by atoms with Crippen LogP contribution in [-0.4, -0.2) is 49.7 Å². The zero-order valence-corrected chi connectivity index (χ0v) is 23.4. The van der Waals surface area contributed by atoms with Gasteiger partial charge in [-0.3, -0.25) is 14.4 Å². The molecule has 0 aliphatic carbocycles. The molecule has 2 amide bonds. The van der Waals surface area contributed by atoms with Gasteiger partial charge in [0.05, 0.1) is 23.4 Å². The van der Waals surface area contributed by atoms with E-state index >= 15 is 0 Å². The molecule has 1 unspecified atom stereocenters. The Labute approximate surface area is 232 Å². The molecular weight excluding hydrogens is 520 g/mol. The number of hydrogen-bond donors (Lipinski definition) is 3. The summed E-state index contributed by atoms with van der Waals surface area (Å²) in [6.07, 6.45) is 1.29. The average molecular weight is 553 g/mol. The van der Waals surface area contributed by atoms with Gasteiger partial charge in [0.25, 0.3) is 5.91 Å². The molecule has 2 aromatic carbocycles. The van der Waals surface area contributed by atoms with Crippen LogP contribution in [0.3, 0.4) is 0 Å². The van der Waals surface area contributed by atoms with Crippen molar-refractivity contribution < 1.29 is 19.4 Å². The van der Waals surface area contributed by atoms with E-state index in [-0.39, 0.29) is 17.7 Å². The van der Waals surface area contributed by atoms with Crippen molar-refractivity contribution in [1.29, 1.82) is 0 Å². The van der Waals surface area contributed by atoms with Crippen molar-refractivity contribution in [1.82, 2.24) is 20.4 Å². The Kier molecular flexibility index (Phi) is 8.13. The van der Waals surface area contributed by atoms with Gasteiger partial charge in [-0.1, -0.05) is 23.7 Å². The number of nitrogens with one attached hydrogen (secondary N) is 2. The second-order valence-electron chi connectivity index (χ2n) is 10.5. The molecule has 1 saturated heterocycles. The molecule has 9 nitrogen and oxygen atoms in total. The summed E-state index contributed by atoms with van der Waals surface area (Å²) in [5.74, 6) is -0.201. The lowest BCUT2D eigenvalue weighted by atomic mass is 9.96. The number of aromatic nitrogens is 2. The van der Waals surface area contributed by atoms with Crippen LogP contribution in [0.15, 0.2) is 53.3 Å². The second-order valence-corrected chi connectivity index (χ2v) is 11.0. The third kappa shape index (κ3) is 6.32. The molecule has 1 aromatic heterocycles. The topological polar surface area (TPSA) is 125 Å². The maximum atomic E-state index is 13.7. The molecule has 4 rings (SSSR count). The van der Waals surface area contributed by atoms with Crippen LogP contribution in [0.5, 0.6) is 11.5 Å². The van der Waals surface area contributed by atoms with Gasteiger partial charge in [0.2, 0.25) is 5.91 Å². The Morgan fingerprint density at radius 2 is 1.90 bits per heavy atom. The highest BCUT2D eigenvalue weighted by Crippen LogP contribution is 2.41. The first-order valence-corrected chi connectivity index (χ1v) is 13.2.